The minimum atomic E-state index is -4.25. The lowest BCUT2D eigenvalue weighted by Crippen LogP contribution is -2.61. The molecule has 0 bridgehead atoms. The van der Waals surface area contributed by atoms with Crippen molar-refractivity contribution >= 4 is 52.6 Å². The van der Waals surface area contributed by atoms with Crippen molar-refractivity contribution in [1.82, 2.24) is 15.5 Å². The number of carbonyl (C=O) groups excluding carboxylic acids is 3. The largest absolute Gasteiger partial charge is 0.444 e. The van der Waals surface area contributed by atoms with Crippen LogP contribution in [0.2, 0.25) is 5.02 Å². The highest BCUT2D eigenvalue weighted by Gasteiger charge is 2.42. The molecule has 4 rings (SSSR count). The second kappa shape index (κ2) is 15.5. The number of hydrogen-bond donors (Lipinski definition) is 3. The smallest absolute Gasteiger partial charge is 0.408 e. The first kappa shape index (κ1) is 37.5. The van der Waals surface area contributed by atoms with Gasteiger partial charge in [0.25, 0.3) is 5.91 Å². The van der Waals surface area contributed by atoms with Crippen LogP contribution < -0.4 is 20.9 Å². The quantitative estimate of drug-likeness (QED) is 0.260. The van der Waals surface area contributed by atoms with E-state index in [1.807, 2.05) is 4.90 Å². The summed E-state index contributed by atoms with van der Waals surface area (Å²) in [6.07, 6.45) is -5.29. The predicted octanol–water partition coefficient (Wildman–Crippen LogP) is 6.35. The standard InChI is InChI=1S/C32H39ClF5N5O4S/c1-30(2,3)47-29(46)41-31(9-16-48-17-10-31)28(45)39-19-20-4-6-22(26(35)25(20)34)27(44)40-23-7-5-21(33)18-24(23)43-14-12-42(13-15-43)11-8-32(36,37)38/h4-7,18H,8-17,19H2,1-3H3,(H,39,45)(H,40,44)(H,41,46). The summed E-state index contributed by atoms with van der Waals surface area (Å²) >= 11 is 7.83. The number of nitrogens with one attached hydrogen (secondary N) is 3. The molecule has 0 spiro atoms. The topological polar surface area (TPSA) is 103 Å². The summed E-state index contributed by atoms with van der Waals surface area (Å²) in [5.74, 6) is -3.03. The Kier molecular flexibility index (Phi) is 12.1. The number of thioether (sulfide) groups is 1. The first-order valence-corrected chi connectivity index (χ1v) is 17.0. The third-order valence-corrected chi connectivity index (χ3v) is 9.22. The van der Waals surface area contributed by atoms with Crippen LogP contribution >= 0.6 is 23.4 Å². The molecule has 16 heteroatoms. The van der Waals surface area contributed by atoms with Crippen LogP contribution in [0.1, 0.15) is 56.0 Å². The summed E-state index contributed by atoms with van der Waals surface area (Å²) in [5, 5.41) is 8.22. The molecule has 3 N–H and O–H groups in total. The van der Waals surface area contributed by atoms with Gasteiger partial charge >= 0.3 is 12.3 Å². The van der Waals surface area contributed by atoms with Gasteiger partial charge in [-0.2, -0.15) is 24.9 Å². The van der Waals surface area contributed by atoms with Crippen LogP contribution in [0, 0.1) is 11.6 Å². The molecule has 9 nitrogen and oxygen atoms in total. The molecule has 2 fully saturated rings. The number of benzene rings is 2. The minimum absolute atomic E-state index is 0.121. The molecule has 2 aromatic carbocycles. The number of alkyl halides is 3. The number of piperazine rings is 1. The Morgan fingerprint density at radius 3 is 2.27 bits per heavy atom. The SMILES string of the molecule is CC(C)(C)OC(=O)NC1(C(=O)NCc2ccc(C(=O)Nc3ccc(Cl)cc3N3CCN(CCC(F)(F)F)CC3)c(F)c2F)CCSCC1. The summed E-state index contributed by atoms with van der Waals surface area (Å²) in [6, 6.07) is 6.91. The minimum Gasteiger partial charge on any atom is -0.444 e. The molecule has 48 heavy (non-hydrogen) atoms. The van der Waals surface area contributed by atoms with E-state index in [9.17, 15) is 27.6 Å². The molecular weight excluding hydrogens is 681 g/mol. The van der Waals surface area contributed by atoms with E-state index in [1.54, 1.807) is 43.5 Å². The number of rotatable bonds is 9. The zero-order chi connectivity index (χ0) is 35.3. The molecule has 0 atom stereocenters. The van der Waals surface area contributed by atoms with Crippen LogP contribution in [0.25, 0.3) is 0 Å². The first-order chi connectivity index (χ1) is 22.5. The number of alkyl carbamates (subject to hydrolysis) is 1. The maximum Gasteiger partial charge on any atom is 0.408 e. The lowest BCUT2D eigenvalue weighted by molar-refractivity contribution is -0.138. The molecule has 0 saturated carbocycles. The molecule has 0 aromatic heterocycles. The summed E-state index contributed by atoms with van der Waals surface area (Å²) < 4.78 is 73.8. The van der Waals surface area contributed by atoms with Gasteiger partial charge in [-0.25, -0.2) is 13.6 Å². The summed E-state index contributed by atoms with van der Waals surface area (Å²) in [6.45, 7) is 5.99. The Morgan fingerprint density at radius 1 is 0.979 bits per heavy atom. The summed E-state index contributed by atoms with van der Waals surface area (Å²) in [5.41, 5.74) is -2.10. The van der Waals surface area contributed by atoms with E-state index in [2.05, 4.69) is 16.0 Å². The first-order valence-electron chi connectivity index (χ1n) is 15.5. The number of halogens is 6. The Hall–Kier alpha value is -3.30. The molecule has 2 saturated heterocycles. The third-order valence-electron chi connectivity index (χ3n) is 8.00. The van der Waals surface area contributed by atoms with Crippen LogP contribution in [0.3, 0.4) is 0 Å². The van der Waals surface area contributed by atoms with E-state index >= 15 is 8.78 Å². The normalized spacial score (nSPS) is 17.1. The number of anilines is 2. The zero-order valence-corrected chi connectivity index (χ0v) is 28.4. The van der Waals surface area contributed by atoms with Gasteiger partial charge in [0.2, 0.25) is 5.91 Å². The van der Waals surface area contributed by atoms with Gasteiger partial charge in [0.05, 0.1) is 23.4 Å². The van der Waals surface area contributed by atoms with Crippen molar-refractivity contribution in [2.24, 2.45) is 0 Å². The van der Waals surface area contributed by atoms with E-state index in [1.165, 1.54) is 18.2 Å². The number of amides is 3. The van der Waals surface area contributed by atoms with E-state index in [4.69, 9.17) is 16.3 Å². The van der Waals surface area contributed by atoms with Crippen molar-refractivity contribution in [3.63, 3.8) is 0 Å². The molecule has 2 aliphatic heterocycles. The number of ether oxygens (including phenoxy) is 1. The highest BCUT2D eigenvalue weighted by molar-refractivity contribution is 7.99. The van der Waals surface area contributed by atoms with E-state index < -0.39 is 65.4 Å². The van der Waals surface area contributed by atoms with Gasteiger partial charge < -0.3 is 25.6 Å². The van der Waals surface area contributed by atoms with Crippen molar-refractivity contribution in [2.45, 2.75) is 63.9 Å². The van der Waals surface area contributed by atoms with Gasteiger partial charge in [-0.05, 0) is 69.4 Å². The van der Waals surface area contributed by atoms with E-state index in [0.717, 1.165) is 6.07 Å². The van der Waals surface area contributed by atoms with Crippen molar-refractivity contribution < 1.29 is 41.1 Å². The molecule has 264 valence electrons. The number of nitrogens with zero attached hydrogens (tertiary/aromatic N) is 2. The lowest BCUT2D eigenvalue weighted by atomic mass is 9.91. The zero-order valence-electron chi connectivity index (χ0n) is 26.9. The molecule has 2 heterocycles. The second-order valence-electron chi connectivity index (χ2n) is 12.7. The molecule has 0 unspecified atom stereocenters. The fraction of sp³-hybridized carbons (Fsp3) is 0.531. The Labute approximate surface area is 285 Å². The highest BCUT2D eigenvalue weighted by Crippen LogP contribution is 2.32. The summed E-state index contributed by atoms with van der Waals surface area (Å²) in [4.78, 5) is 42.5. The van der Waals surface area contributed by atoms with Crippen LogP contribution in [0.4, 0.5) is 38.1 Å². The van der Waals surface area contributed by atoms with Crippen LogP contribution in [0.5, 0.6) is 0 Å². The Balaban J connectivity index is 1.42. The van der Waals surface area contributed by atoms with E-state index in [-0.39, 0.29) is 17.8 Å². The highest BCUT2D eigenvalue weighted by atomic mass is 35.5. The van der Waals surface area contributed by atoms with Crippen LogP contribution in [0.15, 0.2) is 30.3 Å². The molecule has 0 radical (unpaired) electrons. The van der Waals surface area contributed by atoms with Crippen LogP contribution in [-0.2, 0) is 16.1 Å². The van der Waals surface area contributed by atoms with Gasteiger partial charge in [0.1, 0.15) is 11.1 Å². The average molecular weight is 720 g/mol. The van der Waals surface area contributed by atoms with Gasteiger partial charge in [0, 0.05) is 49.9 Å². The number of carbonyl (C=O) groups is 3. The number of hydrogen-bond acceptors (Lipinski definition) is 7. The van der Waals surface area contributed by atoms with Gasteiger partial charge in [-0.15, -0.1) is 0 Å². The molecular formula is C32H39ClF5N5O4S. The molecule has 0 aliphatic carbocycles. The summed E-state index contributed by atoms with van der Waals surface area (Å²) in [7, 11) is 0. The van der Waals surface area contributed by atoms with Gasteiger partial charge in [-0.3, -0.25) is 14.5 Å². The maximum absolute atomic E-state index is 15.3. The molecule has 2 aliphatic rings. The van der Waals surface area contributed by atoms with Crippen molar-refractivity contribution in [1.29, 1.82) is 0 Å². The fourth-order valence-electron chi connectivity index (χ4n) is 5.43. The molecule has 2 aromatic rings. The molecule has 3 amide bonds. The van der Waals surface area contributed by atoms with Gasteiger partial charge in [0.15, 0.2) is 11.6 Å². The Bertz CT molecular complexity index is 1490. The maximum atomic E-state index is 15.3. The second-order valence-corrected chi connectivity index (χ2v) is 14.4. The average Bonchev–Trinajstić information content (AvgIpc) is 3.00. The monoisotopic (exact) mass is 719 g/mol. The van der Waals surface area contributed by atoms with Crippen LogP contribution in [-0.4, -0.2) is 84.4 Å². The fourth-order valence-corrected chi connectivity index (χ4v) is 6.79. The van der Waals surface area contributed by atoms with E-state index in [0.29, 0.717) is 61.2 Å². The van der Waals surface area contributed by atoms with Crippen molar-refractivity contribution in [2.75, 3.05) is 54.4 Å². The predicted molar refractivity (Wildman–Crippen MR) is 176 cm³/mol. The van der Waals surface area contributed by atoms with Crippen molar-refractivity contribution in [3.8, 4) is 0 Å². The Morgan fingerprint density at radius 2 is 1.65 bits per heavy atom. The van der Waals surface area contributed by atoms with Crippen molar-refractivity contribution in [3.05, 3.63) is 58.1 Å². The van der Waals surface area contributed by atoms with Gasteiger partial charge in [-0.1, -0.05) is 17.7 Å². The lowest BCUT2D eigenvalue weighted by Gasteiger charge is -2.37. The third kappa shape index (κ3) is 10.1.